The smallest absolute Gasteiger partial charge is 0.0303 e. The van der Waals surface area contributed by atoms with Crippen molar-refractivity contribution in [1.82, 2.24) is 10.0 Å². The van der Waals surface area contributed by atoms with Crippen LogP contribution in [0.3, 0.4) is 0 Å². The molecule has 0 aromatic heterocycles. The van der Waals surface area contributed by atoms with Gasteiger partial charge in [-0.05, 0) is 86.9 Å². The van der Waals surface area contributed by atoms with Crippen LogP contribution >= 0.6 is 0 Å². The molecule has 8 atom stereocenters. The Morgan fingerprint density at radius 2 is 1.16 bits per heavy atom. The number of rotatable bonds is 0. The second-order valence-electron chi connectivity index (χ2n) is 10.8. The second-order valence-corrected chi connectivity index (χ2v) is 10.8. The Balaban J connectivity index is 1.24. The molecule has 0 N–H and O–H groups in total. The van der Waals surface area contributed by atoms with Crippen LogP contribution in [0.2, 0.25) is 0 Å². The molecule has 2 nitrogen and oxygen atoms in total. The quantitative estimate of drug-likeness (QED) is 0.605. The van der Waals surface area contributed by atoms with Crippen molar-refractivity contribution < 1.29 is 0 Å². The molecule has 0 radical (unpaired) electrons. The lowest BCUT2D eigenvalue weighted by Crippen LogP contribution is -2.68. The molecule has 3 aliphatic carbocycles. The van der Waals surface area contributed by atoms with Crippen LogP contribution in [-0.4, -0.2) is 35.2 Å². The molecule has 3 saturated carbocycles. The van der Waals surface area contributed by atoms with Crippen LogP contribution in [0, 0.1) is 35.5 Å². The predicted molar refractivity (Wildman–Crippen MR) is 102 cm³/mol. The first-order valence-electron chi connectivity index (χ1n) is 11.9. The Labute approximate surface area is 154 Å². The molecule has 6 fully saturated rings. The van der Waals surface area contributed by atoms with Crippen molar-refractivity contribution in [2.24, 2.45) is 35.5 Å². The molecule has 3 aliphatic heterocycles. The van der Waals surface area contributed by atoms with Crippen LogP contribution in [0.4, 0.5) is 0 Å². The number of fused-ring (bicyclic) bond motifs is 4. The molecule has 25 heavy (non-hydrogen) atoms. The molecule has 0 spiro atoms. The lowest BCUT2D eigenvalue weighted by Gasteiger charge is -2.62. The standard InChI is InChI=1S/C23H38N2/c1-2-6-18-12-21-15-25-22(14-20(21)11-17(18)5-1)13-19-8-3-7-16-9-4-10-24(25)23(16)19/h16-23H,1-15H2. The highest BCUT2D eigenvalue weighted by atomic mass is 15.7. The zero-order valence-electron chi connectivity index (χ0n) is 16.1. The molecule has 0 amide bonds. The number of hydrogen-bond acceptors (Lipinski definition) is 2. The molecular formula is C23H38N2. The van der Waals surface area contributed by atoms with E-state index in [1.54, 1.807) is 44.9 Å². The molecule has 2 heteroatoms. The molecule has 3 heterocycles. The van der Waals surface area contributed by atoms with Crippen molar-refractivity contribution in [1.29, 1.82) is 0 Å². The minimum Gasteiger partial charge on any atom is -0.238 e. The minimum atomic E-state index is 0.916. The van der Waals surface area contributed by atoms with E-state index in [-0.39, 0.29) is 0 Å². The number of piperidine rings is 2. The van der Waals surface area contributed by atoms with Crippen molar-refractivity contribution in [3.8, 4) is 0 Å². The Kier molecular flexibility index (Phi) is 3.97. The summed E-state index contributed by atoms with van der Waals surface area (Å²) in [5.74, 6) is 6.43. The fraction of sp³-hybridized carbons (Fsp3) is 1.00. The van der Waals surface area contributed by atoms with Gasteiger partial charge in [0.05, 0.1) is 0 Å². The summed E-state index contributed by atoms with van der Waals surface area (Å²) in [6, 6.07) is 1.86. The minimum absolute atomic E-state index is 0.916. The van der Waals surface area contributed by atoms with Crippen LogP contribution in [0.15, 0.2) is 0 Å². The van der Waals surface area contributed by atoms with Gasteiger partial charge < -0.3 is 0 Å². The summed E-state index contributed by atoms with van der Waals surface area (Å²) < 4.78 is 0. The molecule has 140 valence electrons. The van der Waals surface area contributed by atoms with Crippen molar-refractivity contribution >= 4 is 0 Å². The summed E-state index contributed by atoms with van der Waals surface area (Å²) in [5.41, 5.74) is 0. The summed E-state index contributed by atoms with van der Waals surface area (Å²) in [6.07, 6.45) is 20.1. The van der Waals surface area contributed by atoms with E-state index in [2.05, 4.69) is 10.0 Å². The van der Waals surface area contributed by atoms with Gasteiger partial charge in [-0.3, -0.25) is 0 Å². The average molecular weight is 343 g/mol. The third-order valence-corrected chi connectivity index (χ3v) is 9.69. The van der Waals surface area contributed by atoms with Crippen LogP contribution in [0.25, 0.3) is 0 Å². The van der Waals surface area contributed by atoms with E-state index in [9.17, 15) is 0 Å². The van der Waals surface area contributed by atoms with Gasteiger partial charge in [0.2, 0.25) is 0 Å². The highest BCUT2D eigenvalue weighted by Crippen LogP contribution is 2.53. The van der Waals surface area contributed by atoms with Crippen molar-refractivity contribution in [2.75, 3.05) is 13.1 Å². The van der Waals surface area contributed by atoms with E-state index in [1.165, 1.54) is 51.6 Å². The zero-order chi connectivity index (χ0) is 16.4. The molecule has 6 rings (SSSR count). The average Bonchev–Trinajstić information content (AvgIpc) is 2.65. The Bertz CT molecular complexity index is 502. The molecule has 0 bridgehead atoms. The lowest BCUT2D eigenvalue weighted by atomic mass is 9.60. The second kappa shape index (κ2) is 6.23. The molecule has 8 unspecified atom stereocenters. The molecule has 3 saturated heterocycles. The van der Waals surface area contributed by atoms with E-state index in [1.807, 2.05) is 0 Å². The lowest BCUT2D eigenvalue weighted by molar-refractivity contribution is -0.216. The summed E-state index contributed by atoms with van der Waals surface area (Å²) >= 11 is 0. The van der Waals surface area contributed by atoms with Gasteiger partial charge in [-0.15, -0.1) is 0 Å². The maximum absolute atomic E-state index is 2.98. The first kappa shape index (κ1) is 15.9. The van der Waals surface area contributed by atoms with Gasteiger partial charge in [-0.2, -0.15) is 0 Å². The Morgan fingerprint density at radius 3 is 2.04 bits per heavy atom. The fourth-order valence-corrected chi connectivity index (χ4v) is 8.71. The van der Waals surface area contributed by atoms with E-state index in [0.29, 0.717) is 0 Å². The maximum atomic E-state index is 2.98. The SMILES string of the molecule is C1CCC2CC3CN4C(CC3CC2C1)CC1CCCC2CCCN4C21. The van der Waals surface area contributed by atoms with Gasteiger partial charge in [-0.1, -0.05) is 32.1 Å². The first-order valence-corrected chi connectivity index (χ1v) is 11.9. The van der Waals surface area contributed by atoms with Gasteiger partial charge in [0, 0.05) is 25.2 Å². The van der Waals surface area contributed by atoms with Crippen molar-refractivity contribution in [3.63, 3.8) is 0 Å². The van der Waals surface area contributed by atoms with E-state index in [0.717, 1.165) is 47.6 Å². The topological polar surface area (TPSA) is 6.48 Å². The molecule has 0 aromatic rings. The highest BCUT2D eigenvalue weighted by Gasteiger charge is 2.52. The normalized spacial score (nSPS) is 53.3. The summed E-state index contributed by atoms with van der Waals surface area (Å²) in [6.45, 7) is 2.83. The fourth-order valence-electron chi connectivity index (χ4n) is 8.71. The van der Waals surface area contributed by atoms with Crippen molar-refractivity contribution in [3.05, 3.63) is 0 Å². The summed E-state index contributed by atoms with van der Waals surface area (Å²) in [5, 5.41) is 5.94. The monoisotopic (exact) mass is 342 g/mol. The summed E-state index contributed by atoms with van der Waals surface area (Å²) in [7, 11) is 0. The van der Waals surface area contributed by atoms with E-state index < -0.39 is 0 Å². The predicted octanol–water partition coefficient (Wildman–Crippen LogP) is 5.09. The molecule has 6 aliphatic rings. The van der Waals surface area contributed by atoms with Crippen molar-refractivity contribution in [2.45, 2.75) is 95.6 Å². The maximum Gasteiger partial charge on any atom is 0.0303 e. The highest BCUT2D eigenvalue weighted by molar-refractivity contribution is 5.02. The molecule has 0 aromatic carbocycles. The first-order chi connectivity index (χ1) is 12.4. The third kappa shape index (κ3) is 2.57. The molecular weight excluding hydrogens is 304 g/mol. The van der Waals surface area contributed by atoms with Crippen LogP contribution in [0.5, 0.6) is 0 Å². The van der Waals surface area contributed by atoms with Crippen LogP contribution < -0.4 is 0 Å². The van der Waals surface area contributed by atoms with E-state index >= 15 is 0 Å². The number of hydrazine groups is 1. The van der Waals surface area contributed by atoms with Crippen LogP contribution in [0.1, 0.15) is 83.5 Å². The zero-order valence-corrected chi connectivity index (χ0v) is 16.1. The number of nitrogens with zero attached hydrogens (tertiary/aromatic N) is 2. The van der Waals surface area contributed by atoms with Gasteiger partial charge in [0.25, 0.3) is 0 Å². The Hall–Kier alpha value is -0.0800. The van der Waals surface area contributed by atoms with E-state index in [4.69, 9.17) is 0 Å². The van der Waals surface area contributed by atoms with Gasteiger partial charge >= 0.3 is 0 Å². The number of hydrogen-bond donors (Lipinski definition) is 0. The summed E-state index contributed by atoms with van der Waals surface area (Å²) in [4.78, 5) is 0. The van der Waals surface area contributed by atoms with Crippen LogP contribution in [-0.2, 0) is 0 Å². The van der Waals surface area contributed by atoms with Gasteiger partial charge in [-0.25, -0.2) is 10.0 Å². The van der Waals surface area contributed by atoms with Gasteiger partial charge in [0.1, 0.15) is 0 Å². The largest absolute Gasteiger partial charge is 0.238 e. The Morgan fingerprint density at radius 1 is 0.480 bits per heavy atom. The third-order valence-electron chi connectivity index (χ3n) is 9.69. The van der Waals surface area contributed by atoms with Gasteiger partial charge in [0.15, 0.2) is 0 Å².